The van der Waals surface area contributed by atoms with Crippen molar-refractivity contribution in [1.82, 2.24) is 20.2 Å². The van der Waals surface area contributed by atoms with Crippen LogP contribution in [-0.4, -0.2) is 39.9 Å². The lowest BCUT2D eigenvalue weighted by atomic mass is 9.96. The van der Waals surface area contributed by atoms with Crippen molar-refractivity contribution >= 4 is 5.91 Å². The third kappa shape index (κ3) is 3.57. The lowest BCUT2D eigenvalue weighted by molar-refractivity contribution is -0.128. The number of aromatic amines is 1. The molecule has 0 aliphatic carbocycles. The molecule has 100 valence electrons. The first-order valence-corrected chi connectivity index (χ1v) is 6.43. The van der Waals surface area contributed by atoms with Crippen molar-refractivity contribution in [2.45, 2.75) is 39.8 Å². The van der Waals surface area contributed by atoms with Crippen LogP contribution >= 0.6 is 0 Å². The third-order valence-electron chi connectivity index (χ3n) is 2.99. The summed E-state index contributed by atoms with van der Waals surface area (Å²) in [6, 6.07) is 0.241. The predicted octanol–water partition coefficient (Wildman–Crippen LogP) is 1.15. The van der Waals surface area contributed by atoms with Gasteiger partial charge in [-0.05, 0) is 5.41 Å². The number of aromatic nitrogens is 2. The van der Waals surface area contributed by atoms with E-state index in [4.69, 9.17) is 0 Å². The predicted molar refractivity (Wildman–Crippen MR) is 69.9 cm³/mol. The summed E-state index contributed by atoms with van der Waals surface area (Å²) in [6.45, 7) is 8.79. The summed E-state index contributed by atoms with van der Waals surface area (Å²) in [5, 5.41) is 3.37. The van der Waals surface area contributed by atoms with Gasteiger partial charge in [-0.3, -0.25) is 4.79 Å². The molecular weight excluding hydrogens is 228 g/mol. The summed E-state index contributed by atoms with van der Waals surface area (Å²) < 4.78 is 0. The molecule has 0 aromatic carbocycles. The number of H-pyrrole nitrogens is 1. The number of hydrogen-bond acceptors (Lipinski definition) is 3. The highest BCUT2D eigenvalue weighted by Crippen LogP contribution is 2.20. The minimum atomic E-state index is 0.158. The fourth-order valence-electron chi connectivity index (χ4n) is 2.27. The lowest BCUT2D eigenvalue weighted by Gasteiger charge is -2.26. The molecule has 0 bridgehead atoms. The monoisotopic (exact) mass is 250 g/mol. The van der Waals surface area contributed by atoms with E-state index in [1.807, 2.05) is 11.1 Å². The van der Waals surface area contributed by atoms with E-state index in [9.17, 15) is 4.79 Å². The van der Waals surface area contributed by atoms with E-state index in [2.05, 4.69) is 36.1 Å². The summed E-state index contributed by atoms with van der Waals surface area (Å²) in [4.78, 5) is 21.1. The second-order valence-corrected chi connectivity index (χ2v) is 6.15. The average Bonchev–Trinajstić information content (AvgIpc) is 2.84. The molecule has 0 spiro atoms. The highest BCUT2D eigenvalue weighted by Gasteiger charge is 2.31. The van der Waals surface area contributed by atoms with E-state index in [0.29, 0.717) is 13.0 Å². The summed E-state index contributed by atoms with van der Waals surface area (Å²) >= 11 is 0. The smallest absolute Gasteiger partial charge is 0.224 e. The Morgan fingerprint density at radius 2 is 2.33 bits per heavy atom. The summed E-state index contributed by atoms with van der Waals surface area (Å²) in [6.07, 6.45) is 4.14. The molecule has 1 aromatic heterocycles. The normalized spacial score (nSPS) is 20.7. The molecule has 2 heterocycles. The molecule has 1 atom stereocenters. The number of amides is 1. The highest BCUT2D eigenvalue weighted by atomic mass is 16.2. The Hall–Kier alpha value is -1.36. The van der Waals surface area contributed by atoms with E-state index in [1.165, 1.54) is 0 Å². The van der Waals surface area contributed by atoms with Crippen molar-refractivity contribution in [3.63, 3.8) is 0 Å². The van der Waals surface area contributed by atoms with Crippen molar-refractivity contribution < 1.29 is 4.79 Å². The molecule has 1 amide bonds. The van der Waals surface area contributed by atoms with Gasteiger partial charge >= 0.3 is 0 Å². The van der Waals surface area contributed by atoms with Gasteiger partial charge in [-0.25, -0.2) is 4.98 Å². The minimum Gasteiger partial charge on any atom is -0.348 e. The standard InChI is InChI=1S/C13H22N4O/c1-13(2,3)9-17-8-10(6-12(17)18)16-7-11-14-4-5-15-11/h4-5,10,16H,6-9H2,1-3H3,(H,14,15)/t10-/m1/s1. The summed E-state index contributed by atoms with van der Waals surface area (Å²) in [5.74, 6) is 1.17. The Kier molecular flexibility index (Phi) is 3.71. The number of likely N-dealkylation sites (tertiary alicyclic amines) is 1. The molecule has 2 N–H and O–H groups in total. The third-order valence-corrected chi connectivity index (χ3v) is 2.99. The maximum atomic E-state index is 11.9. The van der Waals surface area contributed by atoms with Gasteiger partial charge in [0.1, 0.15) is 5.82 Å². The Bertz CT molecular complexity index is 394. The molecule has 0 radical (unpaired) electrons. The SMILES string of the molecule is CC(C)(C)CN1C[C@H](NCc2ncc[nH]2)CC1=O. The molecule has 1 aromatic rings. The van der Waals surface area contributed by atoms with Crippen molar-refractivity contribution in [2.75, 3.05) is 13.1 Å². The molecule has 1 fully saturated rings. The number of hydrogen-bond donors (Lipinski definition) is 2. The van der Waals surface area contributed by atoms with E-state index < -0.39 is 0 Å². The van der Waals surface area contributed by atoms with Gasteiger partial charge in [0.15, 0.2) is 0 Å². The Morgan fingerprint density at radius 3 is 2.94 bits per heavy atom. The van der Waals surface area contributed by atoms with Crippen molar-refractivity contribution in [3.05, 3.63) is 18.2 Å². The summed E-state index contributed by atoms with van der Waals surface area (Å²) in [7, 11) is 0. The first-order chi connectivity index (χ1) is 8.44. The number of rotatable bonds is 4. The van der Waals surface area contributed by atoms with Gasteiger partial charge in [0.05, 0.1) is 6.54 Å². The van der Waals surface area contributed by atoms with Crippen LogP contribution in [0.15, 0.2) is 12.4 Å². The Labute approximate surface area is 108 Å². The van der Waals surface area contributed by atoms with Crippen LogP contribution in [0.4, 0.5) is 0 Å². The summed E-state index contributed by atoms with van der Waals surface area (Å²) in [5.41, 5.74) is 0.158. The first kappa shape index (κ1) is 13.1. The molecule has 1 aliphatic heterocycles. The molecule has 5 heteroatoms. The van der Waals surface area contributed by atoms with Crippen LogP contribution < -0.4 is 5.32 Å². The lowest BCUT2D eigenvalue weighted by Crippen LogP contribution is -2.36. The zero-order chi connectivity index (χ0) is 13.2. The number of carbonyl (C=O) groups excluding carboxylic acids is 1. The molecule has 0 saturated carbocycles. The van der Waals surface area contributed by atoms with Gasteiger partial charge in [-0.1, -0.05) is 20.8 Å². The topological polar surface area (TPSA) is 61.0 Å². The van der Waals surface area contributed by atoms with Crippen LogP contribution in [0.2, 0.25) is 0 Å². The largest absolute Gasteiger partial charge is 0.348 e. The average molecular weight is 250 g/mol. The number of nitrogens with zero attached hydrogens (tertiary/aromatic N) is 2. The fraction of sp³-hybridized carbons (Fsp3) is 0.692. The maximum absolute atomic E-state index is 11.9. The zero-order valence-corrected chi connectivity index (χ0v) is 11.4. The van der Waals surface area contributed by atoms with Crippen LogP contribution in [0.1, 0.15) is 33.0 Å². The quantitative estimate of drug-likeness (QED) is 0.842. The van der Waals surface area contributed by atoms with E-state index in [0.717, 1.165) is 18.9 Å². The van der Waals surface area contributed by atoms with E-state index >= 15 is 0 Å². The van der Waals surface area contributed by atoms with Crippen molar-refractivity contribution in [1.29, 1.82) is 0 Å². The molecule has 1 saturated heterocycles. The molecular formula is C13H22N4O. The van der Waals surface area contributed by atoms with Crippen LogP contribution in [0, 0.1) is 5.41 Å². The number of nitrogens with one attached hydrogen (secondary N) is 2. The van der Waals surface area contributed by atoms with E-state index in [1.54, 1.807) is 6.20 Å². The van der Waals surface area contributed by atoms with Gasteiger partial charge < -0.3 is 15.2 Å². The second kappa shape index (κ2) is 5.10. The molecule has 18 heavy (non-hydrogen) atoms. The van der Waals surface area contributed by atoms with Gasteiger partial charge in [-0.15, -0.1) is 0 Å². The van der Waals surface area contributed by atoms with Crippen molar-refractivity contribution in [2.24, 2.45) is 5.41 Å². The van der Waals surface area contributed by atoms with Crippen LogP contribution in [0.3, 0.4) is 0 Å². The number of carbonyl (C=O) groups is 1. The fourth-order valence-corrected chi connectivity index (χ4v) is 2.27. The van der Waals surface area contributed by atoms with Gasteiger partial charge in [0, 0.05) is 37.9 Å². The van der Waals surface area contributed by atoms with Crippen LogP contribution in [-0.2, 0) is 11.3 Å². The Balaban J connectivity index is 1.81. The first-order valence-electron chi connectivity index (χ1n) is 6.43. The molecule has 2 rings (SSSR count). The molecule has 5 nitrogen and oxygen atoms in total. The van der Waals surface area contributed by atoms with Crippen LogP contribution in [0.25, 0.3) is 0 Å². The number of imidazole rings is 1. The second-order valence-electron chi connectivity index (χ2n) is 6.15. The highest BCUT2D eigenvalue weighted by molar-refractivity contribution is 5.79. The Morgan fingerprint density at radius 1 is 1.56 bits per heavy atom. The molecule has 0 unspecified atom stereocenters. The van der Waals surface area contributed by atoms with Gasteiger partial charge in [0.25, 0.3) is 0 Å². The van der Waals surface area contributed by atoms with Crippen LogP contribution in [0.5, 0.6) is 0 Å². The molecule has 1 aliphatic rings. The van der Waals surface area contributed by atoms with Crippen molar-refractivity contribution in [3.8, 4) is 0 Å². The maximum Gasteiger partial charge on any atom is 0.224 e. The zero-order valence-electron chi connectivity index (χ0n) is 11.4. The van der Waals surface area contributed by atoms with Gasteiger partial charge in [0.2, 0.25) is 5.91 Å². The van der Waals surface area contributed by atoms with Gasteiger partial charge in [-0.2, -0.15) is 0 Å². The van der Waals surface area contributed by atoms with E-state index in [-0.39, 0.29) is 17.4 Å². The minimum absolute atomic E-state index is 0.158.